The molecule has 7 heteroatoms. The largest absolute Gasteiger partial charge is 0.465 e. The van der Waals surface area contributed by atoms with Gasteiger partial charge in [0.2, 0.25) is 5.78 Å². The van der Waals surface area contributed by atoms with Crippen LogP contribution in [0.5, 0.6) is 0 Å². The Morgan fingerprint density at radius 1 is 1.43 bits per heavy atom. The number of hydrogen-bond acceptors (Lipinski definition) is 6. The van der Waals surface area contributed by atoms with Crippen molar-refractivity contribution in [1.82, 2.24) is 4.57 Å². The van der Waals surface area contributed by atoms with E-state index in [2.05, 4.69) is 4.57 Å². The van der Waals surface area contributed by atoms with Crippen LogP contribution in [0.4, 0.5) is 0 Å². The molecule has 0 amide bonds. The van der Waals surface area contributed by atoms with Gasteiger partial charge in [0, 0.05) is 36.2 Å². The number of carbonyl (C=O) groups excluding carboxylic acids is 2. The van der Waals surface area contributed by atoms with E-state index < -0.39 is 12.6 Å². The van der Waals surface area contributed by atoms with Gasteiger partial charge in [0.15, 0.2) is 6.61 Å². The molecule has 0 spiro atoms. The van der Waals surface area contributed by atoms with E-state index in [1.807, 2.05) is 13.8 Å². The van der Waals surface area contributed by atoms with Gasteiger partial charge in [-0.3, -0.25) is 4.79 Å². The maximum absolute atomic E-state index is 12.6. The second kappa shape index (κ2) is 8.72. The van der Waals surface area contributed by atoms with E-state index in [-0.39, 0.29) is 17.5 Å². The van der Waals surface area contributed by atoms with Gasteiger partial charge in [-0.1, -0.05) is 0 Å². The molecule has 0 N–H and O–H groups in total. The monoisotopic (exact) mass is 382 g/mol. The summed E-state index contributed by atoms with van der Waals surface area (Å²) in [4.78, 5) is 24.7. The van der Waals surface area contributed by atoms with Gasteiger partial charge in [-0.15, -0.1) is 0 Å². The first-order valence-corrected chi connectivity index (χ1v) is 9.13. The van der Waals surface area contributed by atoms with Crippen LogP contribution in [0.2, 0.25) is 0 Å². The lowest BCUT2D eigenvalue weighted by atomic mass is 10.1. The van der Waals surface area contributed by atoms with Crippen molar-refractivity contribution in [3.05, 3.63) is 52.7 Å². The zero-order chi connectivity index (χ0) is 20.1. The number of hydrogen-bond donors (Lipinski definition) is 0. The van der Waals surface area contributed by atoms with E-state index in [0.29, 0.717) is 17.9 Å². The molecule has 1 saturated heterocycles. The lowest BCUT2D eigenvalue weighted by Crippen LogP contribution is -2.18. The number of esters is 1. The summed E-state index contributed by atoms with van der Waals surface area (Å²) >= 11 is 0. The van der Waals surface area contributed by atoms with E-state index in [1.165, 1.54) is 12.3 Å². The van der Waals surface area contributed by atoms with Gasteiger partial charge in [0.25, 0.3) is 0 Å². The van der Waals surface area contributed by atoms with Crippen LogP contribution in [-0.2, 0) is 20.8 Å². The lowest BCUT2D eigenvalue weighted by Gasteiger charge is -2.14. The van der Waals surface area contributed by atoms with Crippen molar-refractivity contribution in [2.75, 3.05) is 13.2 Å². The number of furan rings is 1. The Hall–Kier alpha value is -3.11. The van der Waals surface area contributed by atoms with Gasteiger partial charge in [-0.25, -0.2) is 4.79 Å². The number of ketones is 1. The van der Waals surface area contributed by atoms with Crippen molar-refractivity contribution >= 4 is 17.8 Å². The molecule has 0 radical (unpaired) electrons. The third kappa shape index (κ3) is 4.41. The minimum Gasteiger partial charge on any atom is -0.465 e. The summed E-state index contributed by atoms with van der Waals surface area (Å²) in [6.07, 6.45) is 4.94. The smallest absolute Gasteiger partial charge is 0.349 e. The summed E-state index contributed by atoms with van der Waals surface area (Å²) < 4.78 is 17.9. The number of aromatic nitrogens is 1. The SMILES string of the molecule is Cc1cc(C(=O)COC(=O)/C(C#N)=C/c2ccco2)c(C)n1C[C@H]1CCCO1. The molecule has 2 aromatic heterocycles. The fraction of sp³-hybridized carbons (Fsp3) is 0.381. The predicted octanol–water partition coefficient (Wildman–Crippen LogP) is 3.21. The molecule has 0 bridgehead atoms. The number of nitriles is 1. The lowest BCUT2D eigenvalue weighted by molar-refractivity contribution is -0.137. The summed E-state index contributed by atoms with van der Waals surface area (Å²) in [5, 5.41) is 9.14. The first-order valence-electron chi connectivity index (χ1n) is 9.13. The van der Waals surface area contributed by atoms with Crippen molar-refractivity contribution in [3.8, 4) is 6.07 Å². The van der Waals surface area contributed by atoms with Crippen LogP contribution in [0, 0.1) is 25.2 Å². The standard InChI is InChI=1S/C21H22N2O5/c1-14-9-19(15(2)23(14)12-18-6-4-8-27-18)20(24)13-28-21(25)16(11-22)10-17-5-3-7-26-17/h3,5,7,9-10,18H,4,6,8,12-13H2,1-2H3/b16-10+/t18-/m1/s1. The van der Waals surface area contributed by atoms with Crippen LogP contribution >= 0.6 is 0 Å². The Labute approximate surface area is 163 Å². The second-order valence-corrected chi connectivity index (χ2v) is 6.71. The number of aryl methyl sites for hydroxylation is 1. The van der Waals surface area contributed by atoms with Crippen LogP contribution in [0.25, 0.3) is 6.08 Å². The Kier molecular flexibility index (Phi) is 6.12. The number of ether oxygens (including phenoxy) is 2. The number of nitrogens with zero attached hydrogens (tertiary/aromatic N) is 2. The van der Waals surface area contributed by atoms with Crippen LogP contribution in [-0.4, -0.2) is 35.6 Å². The molecule has 7 nitrogen and oxygen atoms in total. The van der Waals surface area contributed by atoms with Crippen LogP contribution < -0.4 is 0 Å². The minimum absolute atomic E-state index is 0.163. The predicted molar refractivity (Wildman–Crippen MR) is 100 cm³/mol. The Bertz CT molecular complexity index is 925. The molecule has 3 rings (SSSR count). The van der Waals surface area contributed by atoms with Crippen molar-refractivity contribution < 1.29 is 23.5 Å². The summed E-state index contributed by atoms with van der Waals surface area (Å²) in [6, 6.07) is 6.81. The highest BCUT2D eigenvalue weighted by Crippen LogP contribution is 2.21. The molecular weight excluding hydrogens is 360 g/mol. The summed E-state index contributed by atoms with van der Waals surface area (Å²) in [6.45, 7) is 4.85. The summed E-state index contributed by atoms with van der Waals surface area (Å²) in [5.41, 5.74) is 2.06. The van der Waals surface area contributed by atoms with Crippen molar-refractivity contribution in [2.24, 2.45) is 0 Å². The van der Waals surface area contributed by atoms with Gasteiger partial charge in [0.1, 0.15) is 17.4 Å². The Morgan fingerprint density at radius 2 is 2.25 bits per heavy atom. The molecule has 1 aliphatic heterocycles. The molecular formula is C21H22N2O5. The highest BCUT2D eigenvalue weighted by atomic mass is 16.5. The molecule has 28 heavy (non-hydrogen) atoms. The summed E-state index contributed by atoms with van der Waals surface area (Å²) in [5.74, 6) is -0.812. The second-order valence-electron chi connectivity index (χ2n) is 6.71. The van der Waals surface area contributed by atoms with E-state index >= 15 is 0 Å². The molecule has 0 aromatic carbocycles. The number of carbonyl (C=O) groups is 2. The molecule has 0 aliphatic carbocycles. The van der Waals surface area contributed by atoms with E-state index in [9.17, 15) is 9.59 Å². The van der Waals surface area contributed by atoms with Crippen molar-refractivity contribution in [2.45, 2.75) is 39.3 Å². The minimum atomic E-state index is -0.861. The summed E-state index contributed by atoms with van der Waals surface area (Å²) in [7, 11) is 0. The number of rotatable bonds is 7. The van der Waals surface area contributed by atoms with Crippen LogP contribution in [0.1, 0.15) is 40.3 Å². The quantitative estimate of drug-likeness (QED) is 0.316. The van der Waals surface area contributed by atoms with E-state index in [0.717, 1.165) is 30.8 Å². The molecule has 1 fully saturated rings. The van der Waals surface area contributed by atoms with Gasteiger partial charge in [0.05, 0.1) is 12.4 Å². The van der Waals surface area contributed by atoms with Crippen LogP contribution in [0.15, 0.2) is 34.5 Å². The molecule has 3 heterocycles. The normalized spacial score (nSPS) is 16.8. The van der Waals surface area contributed by atoms with E-state index in [4.69, 9.17) is 19.2 Å². The maximum atomic E-state index is 12.6. The van der Waals surface area contributed by atoms with Crippen molar-refractivity contribution in [1.29, 1.82) is 5.26 Å². The van der Waals surface area contributed by atoms with Gasteiger partial charge >= 0.3 is 5.97 Å². The zero-order valence-corrected chi connectivity index (χ0v) is 15.9. The Balaban J connectivity index is 1.64. The van der Waals surface area contributed by atoms with Gasteiger partial charge in [-0.2, -0.15) is 5.26 Å². The molecule has 1 atom stereocenters. The third-order valence-electron chi connectivity index (χ3n) is 4.79. The zero-order valence-electron chi connectivity index (χ0n) is 15.9. The third-order valence-corrected chi connectivity index (χ3v) is 4.79. The first kappa shape index (κ1) is 19.6. The average Bonchev–Trinajstić information content (AvgIpc) is 3.43. The average molecular weight is 382 g/mol. The van der Waals surface area contributed by atoms with E-state index in [1.54, 1.807) is 24.3 Å². The van der Waals surface area contributed by atoms with Crippen molar-refractivity contribution in [3.63, 3.8) is 0 Å². The first-order chi connectivity index (χ1) is 13.5. The fourth-order valence-corrected chi connectivity index (χ4v) is 3.30. The molecule has 0 saturated carbocycles. The maximum Gasteiger partial charge on any atom is 0.349 e. The molecule has 2 aromatic rings. The molecule has 146 valence electrons. The van der Waals surface area contributed by atoms with Gasteiger partial charge in [-0.05, 0) is 44.9 Å². The topological polar surface area (TPSA) is 94.5 Å². The van der Waals surface area contributed by atoms with Gasteiger partial charge < -0.3 is 18.5 Å². The van der Waals surface area contributed by atoms with Crippen LogP contribution in [0.3, 0.4) is 0 Å². The highest BCUT2D eigenvalue weighted by Gasteiger charge is 2.22. The Morgan fingerprint density at radius 3 is 2.89 bits per heavy atom. The molecule has 0 unspecified atom stereocenters. The number of Topliss-reactive ketones (excluding diaryl/α,β-unsaturated/α-hetero) is 1. The fourth-order valence-electron chi connectivity index (χ4n) is 3.30. The molecule has 1 aliphatic rings. The highest BCUT2D eigenvalue weighted by molar-refractivity contribution is 6.02.